The normalized spacial score (nSPS) is 28.1. The third kappa shape index (κ3) is 5.90. The molecule has 0 saturated carbocycles. The van der Waals surface area contributed by atoms with Gasteiger partial charge in [0.05, 0.1) is 19.1 Å². The van der Waals surface area contributed by atoms with Crippen molar-refractivity contribution in [1.82, 2.24) is 19.6 Å². The molecule has 2 amide bonds. The van der Waals surface area contributed by atoms with E-state index in [4.69, 9.17) is 4.74 Å². The molecule has 30 heavy (non-hydrogen) atoms. The lowest BCUT2D eigenvalue weighted by Gasteiger charge is -2.41. The van der Waals surface area contributed by atoms with Crippen LogP contribution in [0.25, 0.3) is 0 Å². The zero-order valence-corrected chi connectivity index (χ0v) is 19.1. The monoisotopic (exact) mass is 438 g/mol. The standard InChI is InChI=1S/C22H38N4O3S/c27-21-3-2-19(18-26(21)7-1-6-23-10-14-29-15-11-23)22(28)25-8-4-20(5-9-25)24-12-16-30-17-13-24/h19-20H,1-18H2/t19-/m1/s1. The van der Waals surface area contributed by atoms with Gasteiger partial charge in [-0.15, -0.1) is 0 Å². The average Bonchev–Trinajstić information content (AvgIpc) is 2.81. The Labute approximate surface area is 185 Å². The van der Waals surface area contributed by atoms with Crippen LogP contribution in [0, 0.1) is 5.92 Å². The Morgan fingerprint density at radius 1 is 0.967 bits per heavy atom. The van der Waals surface area contributed by atoms with Gasteiger partial charge >= 0.3 is 0 Å². The number of amides is 2. The molecule has 1 atom stereocenters. The van der Waals surface area contributed by atoms with Crippen LogP contribution >= 0.6 is 11.8 Å². The Bertz CT molecular complexity index is 573. The molecule has 8 heteroatoms. The Kier molecular flexibility index (Phi) is 8.32. The van der Waals surface area contributed by atoms with Crippen molar-refractivity contribution < 1.29 is 14.3 Å². The number of carbonyl (C=O) groups excluding carboxylic acids is 2. The van der Waals surface area contributed by atoms with Crippen LogP contribution in [0.3, 0.4) is 0 Å². The largest absolute Gasteiger partial charge is 0.379 e. The molecule has 0 unspecified atom stereocenters. The minimum atomic E-state index is -0.00553. The van der Waals surface area contributed by atoms with Crippen LogP contribution in [0.1, 0.15) is 32.1 Å². The van der Waals surface area contributed by atoms with E-state index >= 15 is 0 Å². The molecule has 0 spiro atoms. The summed E-state index contributed by atoms with van der Waals surface area (Å²) in [5.41, 5.74) is 0. The third-order valence-corrected chi connectivity index (χ3v) is 8.14. The Balaban J connectivity index is 1.20. The number of nitrogens with zero attached hydrogens (tertiary/aromatic N) is 4. The minimum absolute atomic E-state index is 0.00553. The molecule has 4 aliphatic heterocycles. The van der Waals surface area contributed by atoms with E-state index in [9.17, 15) is 9.59 Å². The highest BCUT2D eigenvalue weighted by Crippen LogP contribution is 2.25. The molecule has 0 N–H and O–H groups in total. The summed E-state index contributed by atoms with van der Waals surface area (Å²) >= 11 is 2.05. The van der Waals surface area contributed by atoms with E-state index in [1.165, 1.54) is 24.6 Å². The fraction of sp³-hybridized carbons (Fsp3) is 0.909. The summed E-state index contributed by atoms with van der Waals surface area (Å²) < 4.78 is 5.40. The number of hydrogen-bond acceptors (Lipinski definition) is 6. The number of piperidine rings is 2. The van der Waals surface area contributed by atoms with Gasteiger partial charge in [-0.05, 0) is 25.7 Å². The molecule has 7 nitrogen and oxygen atoms in total. The molecule has 0 aromatic rings. The predicted molar refractivity (Wildman–Crippen MR) is 120 cm³/mol. The number of morpholine rings is 1. The summed E-state index contributed by atoms with van der Waals surface area (Å²) in [6, 6.07) is 0.652. The van der Waals surface area contributed by atoms with Crippen molar-refractivity contribution in [2.24, 2.45) is 5.92 Å². The molecule has 0 aromatic carbocycles. The minimum Gasteiger partial charge on any atom is -0.379 e. The van der Waals surface area contributed by atoms with Crippen LogP contribution < -0.4 is 0 Å². The van der Waals surface area contributed by atoms with Crippen molar-refractivity contribution >= 4 is 23.6 Å². The van der Waals surface area contributed by atoms with Crippen LogP contribution in [0.4, 0.5) is 0 Å². The maximum atomic E-state index is 13.2. The van der Waals surface area contributed by atoms with Crippen LogP contribution in [0.5, 0.6) is 0 Å². The summed E-state index contributed by atoms with van der Waals surface area (Å²) in [5.74, 6) is 3.00. The van der Waals surface area contributed by atoms with Gasteiger partial charge in [0.1, 0.15) is 0 Å². The summed E-state index contributed by atoms with van der Waals surface area (Å²) in [4.78, 5) is 34.6. The van der Waals surface area contributed by atoms with Crippen molar-refractivity contribution in [2.45, 2.75) is 38.1 Å². The topological polar surface area (TPSA) is 56.3 Å². The van der Waals surface area contributed by atoms with E-state index in [0.29, 0.717) is 19.0 Å². The first-order chi connectivity index (χ1) is 14.7. The summed E-state index contributed by atoms with van der Waals surface area (Å²) in [6.07, 6.45) is 4.43. The molecule has 170 valence electrons. The van der Waals surface area contributed by atoms with Crippen molar-refractivity contribution in [1.29, 1.82) is 0 Å². The van der Waals surface area contributed by atoms with Gasteiger partial charge in [-0.25, -0.2) is 0 Å². The second-order valence-electron chi connectivity index (χ2n) is 9.09. The van der Waals surface area contributed by atoms with E-state index in [0.717, 1.165) is 78.2 Å². The number of rotatable bonds is 6. The van der Waals surface area contributed by atoms with Gasteiger partial charge in [-0.1, -0.05) is 0 Å². The predicted octanol–water partition coefficient (Wildman–Crippen LogP) is 0.987. The Morgan fingerprint density at radius 2 is 1.70 bits per heavy atom. The fourth-order valence-electron chi connectivity index (χ4n) is 5.29. The van der Waals surface area contributed by atoms with Gasteiger partial charge in [0.25, 0.3) is 0 Å². The summed E-state index contributed by atoms with van der Waals surface area (Å²) in [5, 5.41) is 0. The molecule has 0 aromatic heterocycles. The summed E-state index contributed by atoms with van der Waals surface area (Å²) in [7, 11) is 0. The molecule has 4 saturated heterocycles. The van der Waals surface area contributed by atoms with E-state index < -0.39 is 0 Å². The number of likely N-dealkylation sites (tertiary alicyclic amines) is 2. The average molecular weight is 439 g/mol. The lowest BCUT2D eigenvalue weighted by Crippen LogP contribution is -2.52. The molecule has 4 fully saturated rings. The van der Waals surface area contributed by atoms with E-state index in [1.807, 2.05) is 4.90 Å². The smallest absolute Gasteiger partial charge is 0.227 e. The zero-order chi connectivity index (χ0) is 20.8. The number of ether oxygens (including phenoxy) is 1. The van der Waals surface area contributed by atoms with Crippen molar-refractivity contribution in [3.05, 3.63) is 0 Å². The lowest BCUT2D eigenvalue weighted by molar-refractivity contribution is -0.144. The first kappa shape index (κ1) is 22.4. The highest BCUT2D eigenvalue weighted by Gasteiger charge is 2.35. The molecule has 4 rings (SSSR count). The first-order valence-electron chi connectivity index (χ1n) is 11.9. The fourth-order valence-corrected chi connectivity index (χ4v) is 6.23. The molecule has 0 bridgehead atoms. The Hall–Kier alpha value is -0.830. The quantitative estimate of drug-likeness (QED) is 0.616. The zero-order valence-electron chi connectivity index (χ0n) is 18.3. The van der Waals surface area contributed by atoms with Crippen molar-refractivity contribution in [3.8, 4) is 0 Å². The number of hydrogen-bond donors (Lipinski definition) is 0. The second-order valence-corrected chi connectivity index (χ2v) is 10.3. The van der Waals surface area contributed by atoms with Gasteiger partial charge in [0, 0.05) is 82.9 Å². The van der Waals surface area contributed by atoms with E-state index in [2.05, 4.69) is 26.5 Å². The summed E-state index contributed by atoms with van der Waals surface area (Å²) in [6.45, 7) is 10.2. The lowest BCUT2D eigenvalue weighted by atomic mass is 9.94. The molecule has 4 heterocycles. The number of thioether (sulfide) groups is 1. The van der Waals surface area contributed by atoms with Gasteiger partial charge in [0.15, 0.2) is 0 Å². The van der Waals surface area contributed by atoms with Gasteiger partial charge in [0.2, 0.25) is 11.8 Å². The van der Waals surface area contributed by atoms with Crippen molar-refractivity contribution in [2.75, 3.05) is 83.6 Å². The third-order valence-electron chi connectivity index (χ3n) is 7.19. The maximum absolute atomic E-state index is 13.2. The van der Waals surface area contributed by atoms with Crippen LogP contribution in [0.15, 0.2) is 0 Å². The Morgan fingerprint density at radius 3 is 2.43 bits per heavy atom. The van der Waals surface area contributed by atoms with Crippen LogP contribution in [0.2, 0.25) is 0 Å². The van der Waals surface area contributed by atoms with Gasteiger partial charge in [-0.3, -0.25) is 19.4 Å². The van der Waals surface area contributed by atoms with Crippen LogP contribution in [-0.2, 0) is 14.3 Å². The van der Waals surface area contributed by atoms with Crippen LogP contribution in [-0.4, -0.2) is 121 Å². The van der Waals surface area contributed by atoms with E-state index in [-0.39, 0.29) is 17.7 Å². The highest BCUT2D eigenvalue weighted by molar-refractivity contribution is 7.99. The second kappa shape index (κ2) is 11.2. The first-order valence-corrected chi connectivity index (χ1v) is 13.0. The highest BCUT2D eigenvalue weighted by atomic mass is 32.2. The molecule has 0 aliphatic carbocycles. The molecular weight excluding hydrogens is 400 g/mol. The number of carbonyl (C=O) groups is 2. The van der Waals surface area contributed by atoms with Gasteiger partial charge in [-0.2, -0.15) is 11.8 Å². The maximum Gasteiger partial charge on any atom is 0.227 e. The molecule has 4 aliphatic rings. The molecular formula is C22H38N4O3S. The van der Waals surface area contributed by atoms with E-state index in [1.54, 1.807) is 0 Å². The SMILES string of the molecule is O=C1CC[C@@H](C(=O)N2CCC(N3CCSCC3)CC2)CN1CCCN1CCOCC1. The van der Waals surface area contributed by atoms with Gasteiger partial charge < -0.3 is 14.5 Å². The molecule has 0 radical (unpaired) electrons. The van der Waals surface area contributed by atoms with Crippen molar-refractivity contribution in [3.63, 3.8) is 0 Å².